The number of rotatable bonds is 7. The van der Waals surface area contributed by atoms with Crippen LogP contribution in [-0.2, 0) is 16.1 Å². The summed E-state index contributed by atoms with van der Waals surface area (Å²) in [5.41, 5.74) is 2.61. The van der Waals surface area contributed by atoms with Crippen LogP contribution in [0.5, 0.6) is 23.0 Å². The molecule has 1 amide bonds. The lowest BCUT2D eigenvalue weighted by atomic mass is 9.94. The Bertz CT molecular complexity index is 1450. The lowest BCUT2D eigenvalue weighted by molar-refractivity contribution is -0.140. The predicted molar refractivity (Wildman–Crippen MR) is 146 cm³/mol. The van der Waals surface area contributed by atoms with E-state index in [9.17, 15) is 14.7 Å². The van der Waals surface area contributed by atoms with Crippen LogP contribution < -0.4 is 23.8 Å². The van der Waals surface area contributed by atoms with Crippen molar-refractivity contribution in [3.63, 3.8) is 0 Å². The van der Waals surface area contributed by atoms with E-state index in [0.717, 1.165) is 11.3 Å². The highest BCUT2D eigenvalue weighted by molar-refractivity contribution is 6.46. The number of amides is 1. The second-order valence-corrected chi connectivity index (χ2v) is 9.34. The third-order valence-corrected chi connectivity index (χ3v) is 7.10. The number of carbonyl (C=O) groups excluding carboxylic acids is 2. The monoisotopic (exact) mass is 530 g/mol. The standard InChI is InChI=1S/C30H30N2O7/c1-31-13-14-39-23-11-8-20(15-22(23)31)28(33)26-27(19-7-12-24(37-3)25(16-19)38-4)32(30(35)29(26)34)17-18-5-9-21(36-2)10-6-18/h5-12,15-16,27,33H,13-14,17H2,1-4H3/b28-26+. The lowest BCUT2D eigenvalue weighted by Crippen LogP contribution is -2.29. The van der Waals surface area contributed by atoms with E-state index in [1.54, 1.807) is 55.6 Å². The SMILES string of the molecule is COc1ccc(CN2C(=O)C(=O)/C(=C(/O)c3ccc4c(c3)N(C)CCO4)C2c2ccc(OC)c(OC)c2)cc1. The molecule has 0 aliphatic carbocycles. The van der Waals surface area contributed by atoms with Gasteiger partial charge in [-0.25, -0.2) is 0 Å². The first-order chi connectivity index (χ1) is 18.9. The van der Waals surface area contributed by atoms with Gasteiger partial charge in [-0.15, -0.1) is 0 Å². The summed E-state index contributed by atoms with van der Waals surface area (Å²) in [6, 6.07) is 16.8. The summed E-state index contributed by atoms with van der Waals surface area (Å²) in [7, 11) is 6.56. The van der Waals surface area contributed by atoms with E-state index in [1.165, 1.54) is 19.1 Å². The molecule has 5 rings (SSSR count). The number of Topliss-reactive ketones (excluding diaryl/α,β-unsaturated/α-hetero) is 1. The van der Waals surface area contributed by atoms with Gasteiger partial charge >= 0.3 is 0 Å². The summed E-state index contributed by atoms with van der Waals surface area (Å²) in [5.74, 6) is 0.597. The Kier molecular flexibility index (Phi) is 7.06. The van der Waals surface area contributed by atoms with Gasteiger partial charge in [-0.1, -0.05) is 18.2 Å². The number of ketones is 1. The lowest BCUT2D eigenvalue weighted by Gasteiger charge is -2.28. The minimum Gasteiger partial charge on any atom is -0.507 e. The zero-order valence-electron chi connectivity index (χ0n) is 22.3. The number of likely N-dealkylation sites (tertiary alicyclic amines) is 1. The number of ether oxygens (including phenoxy) is 4. The highest BCUT2D eigenvalue weighted by atomic mass is 16.5. The third-order valence-electron chi connectivity index (χ3n) is 7.10. The topological polar surface area (TPSA) is 97.8 Å². The van der Waals surface area contributed by atoms with E-state index in [1.807, 2.05) is 24.1 Å². The highest BCUT2D eigenvalue weighted by Gasteiger charge is 2.46. The number of anilines is 1. The number of hydrogen-bond acceptors (Lipinski definition) is 8. The maximum Gasteiger partial charge on any atom is 0.295 e. The second-order valence-electron chi connectivity index (χ2n) is 9.34. The molecule has 1 N–H and O–H groups in total. The van der Waals surface area contributed by atoms with Gasteiger partial charge < -0.3 is 33.9 Å². The van der Waals surface area contributed by atoms with Gasteiger partial charge in [0, 0.05) is 19.2 Å². The van der Waals surface area contributed by atoms with Crippen molar-refractivity contribution in [3.05, 3.63) is 82.9 Å². The van der Waals surface area contributed by atoms with Crippen LogP contribution in [0.1, 0.15) is 22.7 Å². The van der Waals surface area contributed by atoms with Gasteiger partial charge in [0.15, 0.2) is 11.5 Å². The van der Waals surface area contributed by atoms with Crippen LogP contribution >= 0.6 is 0 Å². The molecule has 0 radical (unpaired) electrons. The number of carbonyl (C=O) groups is 2. The molecule has 9 nitrogen and oxygen atoms in total. The average Bonchev–Trinajstić information content (AvgIpc) is 3.21. The fourth-order valence-corrected chi connectivity index (χ4v) is 4.99. The van der Waals surface area contributed by atoms with Crippen molar-refractivity contribution in [1.29, 1.82) is 0 Å². The number of hydrogen-bond donors (Lipinski definition) is 1. The molecule has 2 aliphatic rings. The minimum atomic E-state index is -0.864. The van der Waals surface area contributed by atoms with Crippen molar-refractivity contribution in [3.8, 4) is 23.0 Å². The van der Waals surface area contributed by atoms with E-state index >= 15 is 0 Å². The molecule has 3 aromatic carbocycles. The van der Waals surface area contributed by atoms with E-state index in [0.29, 0.717) is 47.3 Å². The molecule has 202 valence electrons. The third kappa shape index (κ3) is 4.71. The van der Waals surface area contributed by atoms with Gasteiger partial charge in [0.25, 0.3) is 11.7 Å². The van der Waals surface area contributed by atoms with Crippen molar-refractivity contribution in [1.82, 2.24) is 4.90 Å². The molecule has 39 heavy (non-hydrogen) atoms. The zero-order valence-corrected chi connectivity index (χ0v) is 22.3. The van der Waals surface area contributed by atoms with Crippen molar-refractivity contribution in [2.45, 2.75) is 12.6 Å². The van der Waals surface area contributed by atoms with Gasteiger partial charge in [-0.05, 0) is 53.6 Å². The first-order valence-electron chi connectivity index (χ1n) is 12.5. The van der Waals surface area contributed by atoms with Gasteiger partial charge in [-0.3, -0.25) is 9.59 Å². The van der Waals surface area contributed by atoms with Crippen LogP contribution in [0.15, 0.2) is 66.2 Å². The fraction of sp³-hybridized carbons (Fsp3) is 0.267. The number of likely N-dealkylation sites (N-methyl/N-ethyl adjacent to an activating group) is 1. The Labute approximate surface area is 226 Å². The Hall–Kier alpha value is -4.66. The van der Waals surface area contributed by atoms with Crippen LogP contribution in [0.3, 0.4) is 0 Å². The molecule has 0 spiro atoms. The number of benzene rings is 3. The molecule has 1 unspecified atom stereocenters. The number of aliphatic hydroxyl groups is 1. The molecule has 1 fully saturated rings. The molecule has 0 bridgehead atoms. The van der Waals surface area contributed by atoms with Gasteiger partial charge in [0.05, 0.1) is 45.2 Å². The molecule has 0 saturated carbocycles. The average molecular weight is 531 g/mol. The molecule has 3 aromatic rings. The van der Waals surface area contributed by atoms with Crippen molar-refractivity contribution in [2.75, 3.05) is 46.4 Å². The summed E-state index contributed by atoms with van der Waals surface area (Å²) >= 11 is 0. The molecule has 0 aromatic heterocycles. The summed E-state index contributed by atoms with van der Waals surface area (Å²) in [5, 5.41) is 11.6. The Morgan fingerprint density at radius 1 is 0.949 bits per heavy atom. The van der Waals surface area contributed by atoms with E-state index in [2.05, 4.69) is 0 Å². The van der Waals surface area contributed by atoms with Gasteiger partial charge in [0.1, 0.15) is 23.9 Å². The van der Waals surface area contributed by atoms with Crippen LogP contribution in [0, 0.1) is 0 Å². The molecule has 1 saturated heterocycles. The molecule has 9 heteroatoms. The van der Waals surface area contributed by atoms with Crippen LogP contribution in [0.2, 0.25) is 0 Å². The maximum absolute atomic E-state index is 13.5. The Morgan fingerprint density at radius 2 is 1.69 bits per heavy atom. The van der Waals surface area contributed by atoms with Crippen LogP contribution in [0.25, 0.3) is 5.76 Å². The molecule has 1 atom stereocenters. The summed E-state index contributed by atoms with van der Waals surface area (Å²) in [4.78, 5) is 30.4. The molecule has 2 aliphatic heterocycles. The predicted octanol–water partition coefficient (Wildman–Crippen LogP) is 4.16. The van der Waals surface area contributed by atoms with E-state index in [-0.39, 0.29) is 17.9 Å². The minimum absolute atomic E-state index is 0.0000578. The molecular weight excluding hydrogens is 500 g/mol. The van der Waals surface area contributed by atoms with Crippen LogP contribution in [0.4, 0.5) is 5.69 Å². The highest BCUT2D eigenvalue weighted by Crippen LogP contribution is 2.43. The zero-order chi connectivity index (χ0) is 27.7. The van der Waals surface area contributed by atoms with Gasteiger partial charge in [-0.2, -0.15) is 0 Å². The summed E-state index contributed by atoms with van der Waals surface area (Å²) in [6.07, 6.45) is 0. The quantitative estimate of drug-likeness (QED) is 0.276. The second kappa shape index (κ2) is 10.6. The Balaban J connectivity index is 1.64. The van der Waals surface area contributed by atoms with Crippen LogP contribution in [-0.4, -0.2) is 63.2 Å². The summed E-state index contributed by atoms with van der Waals surface area (Å²) in [6.45, 7) is 1.39. The van der Waals surface area contributed by atoms with E-state index in [4.69, 9.17) is 18.9 Å². The normalized spacial score (nSPS) is 18.0. The number of methoxy groups -OCH3 is 3. The maximum atomic E-state index is 13.5. The number of aliphatic hydroxyl groups excluding tert-OH is 1. The van der Waals surface area contributed by atoms with Crippen molar-refractivity contribution in [2.24, 2.45) is 0 Å². The fourth-order valence-electron chi connectivity index (χ4n) is 4.99. The number of fused-ring (bicyclic) bond motifs is 1. The molecule has 2 heterocycles. The first kappa shape index (κ1) is 26.0. The number of nitrogens with zero attached hydrogens (tertiary/aromatic N) is 2. The first-order valence-corrected chi connectivity index (χ1v) is 12.5. The van der Waals surface area contributed by atoms with Crippen molar-refractivity contribution >= 4 is 23.1 Å². The smallest absolute Gasteiger partial charge is 0.295 e. The van der Waals surface area contributed by atoms with Crippen molar-refractivity contribution < 1.29 is 33.6 Å². The molecular formula is C30H30N2O7. The Morgan fingerprint density at radius 3 is 2.38 bits per heavy atom. The van der Waals surface area contributed by atoms with E-state index < -0.39 is 17.7 Å². The van der Waals surface area contributed by atoms with Gasteiger partial charge in [0.2, 0.25) is 0 Å². The largest absolute Gasteiger partial charge is 0.507 e. The summed E-state index contributed by atoms with van der Waals surface area (Å²) < 4.78 is 21.9.